The van der Waals surface area contributed by atoms with Crippen molar-refractivity contribution in [2.45, 2.75) is 39.2 Å². The molecule has 0 bridgehead atoms. The first-order valence-corrected chi connectivity index (χ1v) is 9.41. The van der Waals surface area contributed by atoms with Gasteiger partial charge in [0, 0.05) is 18.4 Å². The van der Waals surface area contributed by atoms with Crippen LogP contribution in [0.4, 0.5) is 10.1 Å². The third-order valence-corrected chi connectivity index (χ3v) is 5.19. The molecule has 142 valence electrons. The lowest BCUT2D eigenvalue weighted by atomic mass is 9.81. The number of carbonyl (C=O) groups is 2. The minimum atomic E-state index is -0.435. The molecule has 4 nitrogen and oxygen atoms in total. The molecule has 0 heterocycles. The van der Waals surface area contributed by atoms with Crippen molar-refractivity contribution in [1.29, 1.82) is 0 Å². The number of amides is 2. The Balaban J connectivity index is 1.45. The summed E-state index contributed by atoms with van der Waals surface area (Å²) in [5.41, 5.74) is 2.48. The predicted octanol–water partition coefficient (Wildman–Crippen LogP) is 4.20. The SMILES string of the molecule is Cc1ccc(CNC(=O)C2CCC(C(=O)Nc3ccccc3F)CC2)cc1. The molecule has 2 aromatic carbocycles. The van der Waals surface area contributed by atoms with Gasteiger partial charge in [0.25, 0.3) is 0 Å². The van der Waals surface area contributed by atoms with Gasteiger partial charge in [-0.1, -0.05) is 42.0 Å². The van der Waals surface area contributed by atoms with Gasteiger partial charge >= 0.3 is 0 Å². The lowest BCUT2D eigenvalue weighted by Crippen LogP contribution is -2.35. The van der Waals surface area contributed by atoms with E-state index in [1.165, 1.54) is 11.6 Å². The van der Waals surface area contributed by atoms with Gasteiger partial charge in [-0.25, -0.2) is 4.39 Å². The number of carbonyl (C=O) groups excluding carboxylic acids is 2. The van der Waals surface area contributed by atoms with Crippen molar-refractivity contribution in [3.05, 3.63) is 65.5 Å². The fourth-order valence-electron chi connectivity index (χ4n) is 3.45. The highest BCUT2D eigenvalue weighted by molar-refractivity contribution is 5.92. The third-order valence-electron chi connectivity index (χ3n) is 5.19. The first-order chi connectivity index (χ1) is 13.0. The molecule has 0 atom stereocenters. The second-order valence-corrected chi connectivity index (χ2v) is 7.22. The second-order valence-electron chi connectivity index (χ2n) is 7.22. The zero-order valence-corrected chi connectivity index (χ0v) is 15.5. The third kappa shape index (κ3) is 5.16. The fourth-order valence-corrected chi connectivity index (χ4v) is 3.45. The Hall–Kier alpha value is -2.69. The smallest absolute Gasteiger partial charge is 0.227 e. The van der Waals surface area contributed by atoms with Crippen molar-refractivity contribution >= 4 is 17.5 Å². The van der Waals surface area contributed by atoms with Gasteiger partial charge in [-0.2, -0.15) is 0 Å². The van der Waals surface area contributed by atoms with Crippen LogP contribution < -0.4 is 10.6 Å². The van der Waals surface area contributed by atoms with E-state index in [0.29, 0.717) is 32.2 Å². The van der Waals surface area contributed by atoms with Crippen LogP contribution in [0, 0.1) is 24.6 Å². The van der Waals surface area contributed by atoms with Crippen LogP contribution in [0.15, 0.2) is 48.5 Å². The van der Waals surface area contributed by atoms with E-state index in [9.17, 15) is 14.0 Å². The summed E-state index contributed by atoms with van der Waals surface area (Å²) in [4.78, 5) is 24.7. The average molecular weight is 368 g/mol. The Bertz CT molecular complexity index is 796. The highest BCUT2D eigenvalue weighted by atomic mass is 19.1. The summed E-state index contributed by atoms with van der Waals surface area (Å²) in [5, 5.41) is 5.65. The van der Waals surface area contributed by atoms with Crippen molar-refractivity contribution in [3.8, 4) is 0 Å². The Kier molecular flexibility index (Phi) is 6.22. The molecule has 27 heavy (non-hydrogen) atoms. The number of hydrogen-bond acceptors (Lipinski definition) is 2. The lowest BCUT2D eigenvalue weighted by molar-refractivity contribution is -0.128. The summed E-state index contributed by atoms with van der Waals surface area (Å²) < 4.78 is 13.7. The molecular formula is C22H25FN2O2. The van der Waals surface area contributed by atoms with Crippen LogP contribution in [0.1, 0.15) is 36.8 Å². The van der Waals surface area contributed by atoms with Gasteiger partial charge in [0.2, 0.25) is 11.8 Å². The van der Waals surface area contributed by atoms with E-state index < -0.39 is 5.82 Å². The topological polar surface area (TPSA) is 58.2 Å². The van der Waals surface area contributed by atoms with E-state index in [-0.39, 0.29) is 29.3 Å². The van der Waals surface area contributed by atoms with Crippen LogP contribution in [0.25, 0.3) is 0 Å². The van der Waals surface area contributed by atoms with Gasteiger partial charge in [0.1, 0.15) is 5.82 Å². The quantitative estimate of drug-likeness (QED) is 0.831. The largest absolute Gasteiger partial charge is 0.352 e. The minimum Gasteiger partial charge on any atom is -0.352 e. The molecule has 1 saturated carbocycles. The molecule has 0 aliphatic heterocycles. The number of hydrogen-bond donors (Lipinski definition) is 2. The van der Waals surface area contributed by atoms with Gasteiger partial charge in [-0.05, 0) is 50.3 Å². The summed E-state index contributed by atoms with van der Waals surface area (Å²) >= 11 is 0. The maximum atomic E-state index is 13.7. The normalized spacial score (nSPS) is 19.3. The summed E-state index contributed by atoms with van der Waals surface area (Å²) in [6, 6.07) is 14.2. The zero-order chi connectivity index (χ0) is 19.2. The van der Waals surface area contributed by atoms with Gasteiger partial charge in [-0.15, -0.1) is 0 Å². The van der Waals surface area contributed by atoms with Gasteiger partial charge in [0.15, 0.2) is 0 Å². The number of halogens is 1. The van der Waals surface area contributed by atoms with Crippen molar-refractivity contribution in [1.82, 2.24) is 5.32 Å². The molecule has 0 aromatic heterocycles. The molecule has 1 aliphatic rings. The van der Waals surface area contributed by atoms with Crippen molar-refractivity contribution < 1.29 is 14.0 Å². The van der Waals surface area contributed by atoms with Crippen LogP contribution >= 0.6 is 0 Å². The number of aryl methyl sites for hydroxylation is 1. The van der Waals surface area contributed by atoms with Gasteiger partial charge in [0.05, 0.1) is 5.69 Å². The molecule has 0 unspecified atom stereocenters. The van der Waals surface area contributed by atoms with Crippen LogP contribution in [0.2, 0.25) is 0 Å². The molecule has 1 fully saturated rings. The highest BCUT2D eigenvalue weighted by Gasteiger charge is 2.30. The van der Waals surface area contributed by atoms with E-state index in [1.807, 2.05) is 31.2 Å². The van der Waals surface area contributed by atoms with Crippen LogP contribution in [0.3, 0.4) is 0 Å². The highest BCUT2D eigenvalue weighted by Crippen LogP contribution is 2.30. The van der Waals surface area contributed by atoms with Crippen molar-refractivity contribution in [2.75, 3.05) is 5.32 Å². The number of anilines is 1. The number of benzene rings is 2. The minimum absolute atomic E-state index is 0.0449. The predicted molar refractivity (Wildman–Crippen MR) is 104 cm³/mol. The molecule has 2 amide bonds. The second kappa shape index (κ2) is 8.80. The summed E-state index contributed by atoms with van der Waals surface area (Å²) in [6.07, 6.45) is 2.63. The zero-order valence-electron chi connectivity index (χ0n) is 15.5. The van der Waals surface area contributed by atoms with E-state index in [0.717, 1.165) is 5.56 Å². The van der Waals surface area contributed by atoms with E-state index in [1.54, 1.807) is 18.2 Å². The van der Waals surface area contributed by atoms with Gasteiger partial charge in [-0.3, -0.25) is 9.59 Å². The fraction of sp³-hybridized carbons (Fsp3) is 0.364. The van der Waals surface area contributed by atoms with Crippen LogP contribution in [0.5, 0.6) is 0 Å². The van der Waals surface area contributed by atoms with E-state index in [4.69, 9.17) is 0 Å². The van der Waals surface area contributed by atoms with E-state index in [2.05, 4.69) is 10.6 Å². The molecule has 0 radical (unpaired) electrons. The molecule has 0 saturated heterocycles. The first kappa shape index (κ1) is 19.1. The Morgan fingerprint density at radius 1 is 0.926 bits per heavy atom. The molecule has 1 aliphatic carbocycles. The van der Waals surface area contributed by atoms with Crippen LogP contribution in [-0.2, 0) is 16.1 Å². The monoisotopic (exact) mass is 368 g/mol. The summed E-state index contributed by atoms with van der Waals surface area (Å²) in [7, 11) is 0. The number of para-hydroxylation sites is 1. The average Bonchev–Trinajstić information content (AvgIpc) is 2.69. The Morgan fingerprint density at radius 2 is 1.52 bits per heavy atom. The van der Waals surface area contributed by atoms with Gasteiger partial charge < -0.3 is 10.6 Å². The van der Waals surface area contributed by atoms with E-state index >= 15 is 0 Å². The summed E-state index contributed by atoms with van der Waals surface area (Å²) in [6.45, 7) is 2.55. The number of nitrogens with one attached hydrogen (secondary N) is 2. The maximum Gasteiger partial charge on any atom is 0.227 e. The van der Waals surface area contributed by atoms with Crippen molar-refractivity contribution in [2.24, 2.45) is 11.8 Å². The molecular weight excluding hydrogens is 343 g/mol. The standard InChI is InChI=1S/C22H25FN2O2/c1-15-6-8-16(9-7-15)14-24-21(26)17-10-12-18(13-11-17)22(27)25-20-5-3-2-4-19(20)23/h2-9,17-18H,10-14H2,1H3,(H,24,26)(H,25,27). The molecule has 3 rings (SSSR count). The molecule has 0 spiro atoms. The molecule has 5 heteroatoms. The Morgan fingerprint density at radius 3 is 2.15 bits per heavy atom. The maximum absolute atomic E-state index is 13.7. The summed E-state index contributed by atoms with van der Waals surface area (Å²) in [5.74, 6) is -0.795. The molecule has 2 N–H and O–H groups in total. The van der Waals surface area contributed by atoms with Crippen LogP contribution in [-0.4, -0.2) is 11.8 Å². The lowest BCUT2D eigenvalue weighted by Gasteiger charge is -2.27. The van der Waals surface area contributed by atoms with Crippen molar-refractivity contribution in [3.63, 3.8) is 0 Å². The molecule has 2 aromatic rings. The number of rotatable bonds is 5. The Labute approximate surface area is 159 Å². The first-order valence-electron chi connectivity index (χ1n) is 9.41.